The lowest BCUT2D eigenvalue weighted by Gasteiger charge is -2.50. The first-order valence-corrected chi connectivity index (χ1v) is 9.20. The molecule has 1 aromatic rings. The van der Waals surface area contributed by atoms with E-state index in [1.54, 1.807) is 0 Å². The summed E-state index contributed by atoms with van der Waals surface area (Å²) in [4.78, 5) is 2.67. The van der Waals surface area contributed by atoms with Crippen LogP contribution in [0.3, 0.4) is 0 Å². The summed E-state index contributed by atoms with van der Waals surface area (Å²) >= 11 is 3.67. The molecule has 0 bridgehead atoms. The number of hydrogen-bond donors (Lipinski definition) is 1. The molecule has 2 fully saturated rings. The molecule has 116 valence electrons. The Bertz CT molecular complexity index is 474. The normalized spacial score (nSPS) is 25.3. The van der Waals surface area contributed by atoms with E-state index in [4.69, 9.17) is 0 Å². The highest BCUT2D eigenvalue weighted by Gasteiger charge is 2.39. The van der Waals surface area contributed by atoms with E-state index in [0.29, 0.717) is 11.6 Å². The number of halogens is 1. The Kier molecular flexibility index (Phi) is 4.60. The third-order valence-corrected chi connectivity index (χ3v) is 5.72. The zero-order chi connectivity index (χ0) is 14.9. The van der Waals surface area contributed by atoms with E-state index in [-0.39, 0.29) is 0 Å². The fourth-order valence-corrected chi connectivity index (χ4v) is 4.66. The SMILES string of the molecule is CCC1CNC2(CCCCC2)CN1c1cc(C)cc(Br)c1. The molecule has 1 aliphatic carbocycles. The average molecular weight is 351 g/mol. The van der Waals surface area contributed by atoms with Crippen LogP contribution in [-0.2, 0) is 0 Å². The van der Waals surface area contributed by atoms with Crippen molar-refractivity contribution < 1.29 is 0 Å². The maximum atomic E-state index is 3.91. The summed E-state index contributed by atoms with van der Waals surface area (Å²) in [6, 6.07) is 7.45. The molecule has 1 unspecified atom stereocenters. The Labute approximate surface area is 137 Å². The Hall–Kier alpha value is -0.540. The molecule has 1 saturated heterocycles. The average Bonchev–Trinajstić information content (AvgIpc) is 2.47. The molecule has 2 nitrogen and oxygen atoms in total. The van der Waals surface area contributed by atoms with Crippen LogP contribution < -0.4 is 10.2 Å². The van der Waals surface area contributed by atoms with Crippen molar-refractivity contribution in [3.8, 4) is 0 Å². The molecule has 1 N–H and O–H groups in total. The van der Waals surface area contributed by atoms with Crippen molar-refractivity contribution in [1.82, 2.24) is 5.32 Å². The van der Waals surface area contributed by atoms with Gasteiger partial charge in [0.15, 0.2) is 0 Å². The fourth-order valence-electron chi connectivity index (χ4n) is 4.07. The van der Waals surface area contributed by atoms with Crippen LogP contribution in [0, 0.1) is 6.92 Å². The molecule has 3 heteroatoms. The molecule has 1 saturated carbocycles. The fraction of sp³-hybridized carbons (Fsp3) is 0.667. The maximum Gasteiger partial charge on any atom is 0.0412 e. The largest absolute Gasteiger partial charge is 0.365 e. The summed E-state index contributed by atoms with van der Waals surface area (Å²) in [5, 5.41) is 3.91. The van der Waals surface area contributed by atoms with Gasteiger partial charge in [0.05, 0.1) is 0 Å². The van der Waals surface area contributed by atoms with Gasteiger partial charge in [0.1, 0.15) is 0 Å². The number of anilines is 1. The first kappa shape index (κ1) is 15.4. The zero-order valence-corrected chi connectivity index (χ0v) is 14.9. The molecule has 1 aliphatic heterocycles. The molecule has 0 amide bonds. The lowest BCUT2D eigenvalue weighted by molar-refractivity contribution is 0.196. The number of aryl methyl sites for hydroxylation is 1. The predicted molar refractivity (Wildman–Crippen MR) is 94.1 cm³/mol. The standard InChI is InChI=1S/C18H27BrN2/c1-3-16-12-20-18(7-5-4-6-8-18)13-21(16)17-10-14(2)9-15(19)11-17/h9-11,16,20H,3-8,12-13H2,1-2H3. The molecule has 1 spiro atoms. The molecule has 1 atom stereocenters. The molecule has 2 aliphatic rings. The van der Waals surface area contributed by atoms with E-state index in [1.807, 2.05) is 0 Å². The van der Waals surface area contributed by atoms with Crippen molar-refractivity contribution in [3.63, 3.8) is 0 Å². The van der Waals surface area contributed by atoms with Gasteiger partial charge in [-0.3, -0.25) is 0 Å². The van der Waals surface area contributed by atoms with Gasteiger partial charge in [-0.2, -0.15) is 0 Å². The molecule has 0 aromatic heterocycles. The van der Waals surface area contributed by atoms with E-state index in [1.165, 1.54) is 60.8 Å². The smallest absolute Gasteiger partial charge is 0.0412 e. The zero-order valence-electron chi connectivity index (χ0n) is 13.3. The molecular formula is C18H27BrN2. The van der Waals surface area contributed by atoms with Crippen molar-refractivity contribution in [1.29, 1.82) is 0 Å². The Morgan fingerprint density at radius 3 is 2.67 bits per heavy atom. The Morgan fingerprint density at radius 2 is 2.00 bits per heavy atom. The van der Waals surface area contributed by atoms with Gasteiger partial charge in [-0.25, -0.2) is 0 Å². The van der Waals surface area contributed by atoms with Crippen molar-refractivity contribution in [2.45, 2.75) is 64.0 Å². The van der Waals surface area contributed by atoms with Crippen LogP contribution in [0.25, 0.3) is 0 Å². The van der Waals surface area contributed by atoms with Crippen LogP contribution in [0.4, 0.5) is 5.69 Å². The van der Waals surface area contributed by atoms with Gasteiger partial charge in [-0.1, -0.05) is 42.1 Å². The van der Waals surface area contributed by atoms with Crippen LogP contribution in [0.5, 0.6) is 0 Å². The minimum atomic E-state index is 0.361. The third-order valence-electron chi connectivity index (χ3n) is 5.27. The van der Waals surface area contributed by atoms with Crippen LogP contribution in [0.1, 0.15) is 51.0 Å². The lowest BCUT2D eigenvalue weighted by Crippen LogP contribution is -2.65. The minimum Gasteiger partial charge on any atom is -0.365 e. The summed E-state index contributed by atoms with van der Waals surface area (Å²) in [7, 11) is 0. The topological polar surface area (TPSA) is 15.3 Å². The van der Waals surface area contributed by atoms with Gasteiger partial charge in [-0.15, -0.1) is 0 Å². The summed E-state index contributed by atoms with van der Waals surface area (Å²) in [6.07, 6.45) is 8.06. The van der Waals surface area contributed by atoms with Crippen molar-refractivity contribution >= 4 is 21.6 Å². The van der Waals surface area contributed by atoms with Crippen molar-refractivity contribution in [2.24, 2.45) is 0 Å². The van der Waals surface area contributed by atoms with Gasteiger partial charge in [0.25, 0.3) is 0 Å². The van der Waals surface area contributed by atoms with E-state index in [2.05, 4.69) is 58.2 Å². The highest BCUT2D eigenvalue weighted by Crippen LogP contribution is 2.35. The Morgan fingerprint density at radius 1 is 1.24 bits per heavy atom. The van der Waals surface area contributed by atoms with Gasteiger partial charge >= 0.3 is 0 Å². The van der Waals surface area contributed by atoms with Crippen LogP contribution in [0.2, 0.25) is 0 Å². The molecule has 0 radical (unpaired) electrons. The number of rotatable bonds is 2. The van der Waals surface area contributed by atoms with Gasteiger partial charge in [0, 0.05) is 34.8 Å². The lowest BCUT2D eigenvalue weighted by atomic mass is 9.79. The summed E-state index contributed by atoms with van der Waals surface area (Å²) in [5.41, 5.74) is 3.09. The molecule has 21 heavy (non-hydrogen) atoms. The number of piperazine rings is 1. The first-order chi connectivity index (χ1) is 10.1. The number of benzene rings is 1. The highest BCUT2D eigenvalue weighted by molar-refractivity contribution is 9.10. The van der Waals surface area contributed by atoms with Gasteiger partial charge in [0.2, 0.25) is 0 Å². The first-order valence-electron chi connectivity index (χ1n) is 8.41. The second kappa shape index (κ2) is 6.29. The minimum absolute atomic E-state index is 0.361. The summed E-state index contributed by atoms with van der Waals surface area (Å²) in [6.45, 7) is 6.79. The van der Waals surface area contributed by atoms with Crippen LogP contribution in [0.15, 0.2) is 22.7 Å². The van der Waals surface area contributed by atoms with Crippen LogP contribution >= 0.6 is 15.9 Å². The molecular weight excluding hydrogens is 324 g/mol. The molecule has 1 heterocycles. The van der Waals surface area contributed by atoms with Gasteiger partial charge in [-0.05, 0) is 49.9 Å². The van der Waals surface area contributed by atoms with Gasteiger partial charge < -0.3 is 10.2 Å². The molecule has 3 rings (SSSR count). The number of nitrogens with one attached hydrogen (secondary N) is 1. The van der Waals surface area contributed by atoms with Crippen molar-refractivity contribution in [3.05, 3.63) is 28.2 Å². The highest BCUT2D eigenvalue weighted by atomic mass is 79.9. The quantitative estimate of drug-likeness (QED) is 0.834. The second-order valence-electron chi connectivity index (χ2n) is 6.90. The third kappa shape index (κ3) is 3.29. The van der Waals surface area contributed by atoms with E-state index < -0.39 is 0 Å². The number of nitrogens with zero attached hydrogens (tertiary/aromatic N) is 1. The van der Waals surface area contributed by atoms with E-state index >= 15 is 0 Å². The molecule has 1 aromatic carbocycles. The van der Waals surface area contributed by atoms with Crippen LogP contribution in [-0.4, -0.2) is 24.7 Å². The monoisotopic (exact) mass is 350 g/mol. The number of hydrogen-bond acceptors (Lipinski definition) is 2. The van der Waals surface area contributed by atoms with Crippen molar-refractivity contribution in [2.75, 3.05) is 18.0 Å². The Balaban J connectivity index is 1.88. The predicted octanol–water partition coefficient (Wildman–Crippen LogP) is 4.65. The maximum absolute atomic E-state index is 3.91. The summed E-state index contributed by atoms with van der Waals surface area (Å²) < 4.78 is 1.20. The second-order valence-corrected chi connectivity index (χ2v) is 7.81. The van der Waals surface area contributed by atoms with E-state index in [9.17, 15) is 0 Å². The van der Waals surface area contributed by atoms with E-state index in [0.717, 1.165) is 6.54 Å². The summed E-state index contributed by atoms with van der Waals surface area (Å²) in [5.74, 6) is 0.